The van der Waals surface area contributed by atoms with Crippen LogP contribution < -0.4 is 5.32 Å². The molecule has 1 heterocycles. The highest BCUT2D eigenvalue weighted by molar-refractivity contribution is 7.89. The zero-order chi connectivity index (χ0) is 17.0. The zero-order valence-electron chi connectivity index (χ0n) is 13.6. The molecule has 1 aliphatic rings. The maximum absolute atomic E-state index is 12.8. The fourth-order valence-corrected chi connectivity index (χ4v) is 4.37. The molecule has 1 atom stereocenters. The van der Waals surface area contributed by atoms with Gasteiger partial charge in [-0.2, -0.15) is 4.31 Å². The first-order valence-electron chi connectivity index (χ1n) is 7.89. The third-order valence-electron chi connectivity index (χ3n) is 3.94. The summed E-state index contributed by atoms with van der Waals surface area (Å²) in [4.78, 5) is 12.3. The number of nitrogens with zero attached hydrogens (tertiary/aromatic N) is 1. The summed E-state index contributed by atoms with van der Waals surface area (Å²) in [7, 11) is -3.58. The monoisotopic (exact) mass is 340 g/mol. The van der Waals surface area contributed by atoms with E-state index in [1.54, 1.807) is 26.0 Å². The van der Waals surface area contributed by atoms with Crippen LogP contribution in [0.15, 0.2) is 23.1 Å². The van der Waals surface area contributed by atoms with E-state index in [1.807, 2.05) is 0 Å². The van der Waals surface area contributed by atoms with Gasteiger partial charge in [-0.3, -0.25) is 4.79 Å². The van der Waals surface area contributed by atoms with E-state index in [2.05, 4.69) is 5.32 Å². The zero-order valence-corrected chi connectivity index (χ0v) is 14.4. The largest absolute Gasteiger partial charge is 0.392 e. The molecule has 0 aliphatic carbocycles. The quantitative estimate of drug-likeness (QED) is 0.845. The van der Waals surface area contributed by atoms with Gasteiger partial charge in [0.15, 0.2) is 0 Å². The van der Waals surface area contributed by atoms with E-state index in [-0.39, 0.29) is 22.9 Å². The maximum Gasteiger partial charge on any atom is 0.251 e. The van der Waals surface area contributed by atoms with Gasteiger partial charge in [0, 0.05) is 25.2 Å². The number of hydrogen-bond acceptors (Lipinski definition) is 4. The van der Waals surface area contributed by atoms with Gasteiger partial charge < -0.3 is 10.4 Å². The summed E-state index contributed by atoms with van der Waals surface area (Å²) < 4.78 is 27.1. The Bertz CT molecular complexity index is 665. The minimum absolute atomic E-state index is 0.126. The smallest absolute Gasteiger partial charge is 0.251 e. The number of sulfonamides is 1. The number of carbonyl (C=O) groups excluding carboxylic acids is 1. The summed E-state index contributed by atoms with van der Waals surface area (Å²) in [6.45, 7) is 4.48. The number of amides is 1. The molecule has 2 N–H and O–H groups in total. The van der Waals surface area contributed by atoms with Crippen molar-refractivity contribution >= 4 is 15.9 Å². The van der Waals surface area contributed by atoms with Crippen molar-refractivity contribution < 1.29 is 18.3 Å². The van der Waals surface area contributed by atoms with Crippen LogP contribution >= 0.6 is 0 Å². The highest BCUT2D eigenvalue weighted by Crippen LogP contribution is 2.24. The van der Waals surface area contributed by atoms with E-state index < -0.39 is 16.1 Å². The van der Waals surface area contributed by atoms with Crippen LogP contribution in [-0.2, 0) is 10.0 Å². The second-order valence-corrected chi connectivity index (χ2v) is 7.91. The number of aryl methyl sites for hydroxylation is 1. The van der Waals surface area contributed by atoms with Gasteiger partial charge in [0.1, 0.15) is 0 Å². The molecule has 1 saturated heterocycles. The molecule has 0 spiro atoms. The summed E-state index contributed by atoms with van der Waals surface area (Å²) in [6, 6.07) is 4.67. The number of aliphatic hydroxyl groups is 1. The Morgan fingerprint density at radius 2 is 1.96 bits per heavy atom. The van der Waals surface area contributed by atoms with Crippen LogP contribution in [0, 0.1) is 6.92 Å². The van der Waals surface area contributed by atoms with Gasteiger partial charge in [0.2, 0.25) is 10.0 Å². The molecule has 7 heteroatoms. The normalized spacial score (nSPS) is 17.7. The summed E-state index contributed by atoms with van der Waals surface area (Å²) >= 11 is 0. The fourth-order valence-electron chi connectivity index (χ4n) is 2.61. The molecule has 0 saturated carbocycles. The van der Waals surface area contributed by atoms with Crippen LogP contribution in [0.25, 0.3) is 0 Å². The van der Waals surface area contributed by atoms with Crippen LogP contribution in [0.1, 0.15) is 42.1 Å². The van der Waals surface area contributed by atoms with Gasteiger partial charge >= 0.3 is 0 Å². The Kier molecular flexibility index (Phi) is 5.78. The van der Waals surface area contributed by atoms with Crippen LogP contribution in [0.4, 0.5) is 0 Å². The molecule has 0 bridgehead atoms. The van der Waals surface area contributed by atoms with Gasteiger partial charge in [0.25, 0.3) is 5.91 Å². The Balaban J connectivity index is 2.28. The van der Waals surface area contributed by atoms with Crippen molar-refractivity contribution in [3.8, 4) is 0 Å². The van der Waals surface area contributed by atoms with Gasteiger partial charge in [-0.1, -0.05) is 12.5 Å². The Morgan fingerprint density at radius 1 is 1.30 bits per heavy atom. The van der Waals surface area contributed by atoms with Crippen molar-refractivity contribution in [3.05, 3.63) is 29.3 Å². The molecule has 128 valence electrons. The van der Waals surface area contributed by atoms with Crippen molar-refractivity contribution in [1.29, 1.82) is 0 Å². The highest BCUT2D eigenvalue weighted by Gasteiger charge is 2.28. The van der Waals surface area contributed by atoms with E-state index in [4.69, 9.17) is 0 Å². The lowest BCUT2D eigenvalue weighted by molar-refractivity contribution is 0.0924. The Hall–Kier alpha value is -1.44. The second kappa shape index (κ2) is 7.42. The van der Waals surface area contributed by atoms with Crippen molar-refractivity contribution in [2.75, 3.05) is 19.6 Å². The number of rotatable bonds is 5. The van der Waals surface area contributed by atoms with Gasteiger partial charge in [-0.05, 0) is 44.4 Å². The fraction of sp³-hybridized carbons (Fsp3) is 0.562. The lowest BCUT2D eigenvalue weighted by Gasteiger charge is -2.26. The molecule has 1 fully saturated rings. The number of hydrogen-bond donors (Lipinski definition) is 2. The molecule has 1 amide bonds. The number of piperidine rings is 1. The maximum atomic E-state index is 12.8. The highest BCUT2D eigenvalue weighted by atomic mass is 32.2. The molecule has 2 rings (SSSR count). The van der Waals surface area contributed by atoms with E-state index >= 15 is 0 Å². The molecule has 1 aromatic rings. The minimum atomic E-state index is -3.58. The topological polar surface area (TPSA) is 86.7 Å². The predicted octanol–water partition coefficient (Wildman–Crippen LogP) is 1.28. The van der Waals surface area contributed by atoms with Crippen LogP contribution in [-0.4, -0.2) is 49.5 Å². The Labute approximate surface area is 137 Å². The molecule has 1 aromatic carbocycles. The van der Waals surface area contributed by atoms with Crippen molar-refractivity contribution in [2.24, 2.45) is 0 Å². The Morgan fingerprint density at radius 3 is 2.57 bits per heavy atom. The lowest BCUT2D eigenvalue weighted by atomic mass is 10.1. The van der Waals surface area contributed by atoms with Crippen LogP contribution in [0.3, 0.4) is 0 Å². The van der Waals surface area contributed by atoms with E-state index in [1.165, 1.54) is 10.4 Å². The van der Waals surface area contributed by atoms with E-state index in [0.29, 0.717) is 18.7 Å². The number of nitrogens with one attached hydrogen (secondary N) is 1. The summed E-state index contributed by atoms with van der Waals surface area (Å²) in [6.07, 6.45) is 2.13. The average Bonchev–Trinajstić information content (AvgIpc) is 2.53. The molecule has 6 nitrogen and oxygen atoms in total. The number of benzene rings is 1. The van der Waals surface area contributed by atoms with Crippen molar-refractivity contribution in [2.45, 2.75) is 44.1 Å². The lowest BCUT2D eigenvalue weighted by Crippen LogP contribution is -2.36. The summed E-state index contributed by atoms with van der Waals surface area (Å²) in [5, 5.41) is 11.8. The molecule has 1 aliphatic heterocycles. The molecule has 0 aromatic heterocycles. The molecule has 1 unspecified atom stereocenters. The van der Waals surface area contributed by atoms with Gasteiger partial charge in [-0.25, -0.2) is 8.42 Å². The second-order valence-electron chi connectivity index (χ2n) is 6.00. The molecular formula is C16H24N2O4S. The first kappa shape index (κ1) is 17.9. The molecule has 0 radical (unpaired) electrons. The SMILES string of the molecule is Cc1ccc(C(=O)NCC(C)O)cc1S(=O)(=O)N1CCCCC1. The van der Waals surface area contributed by atoms with Crippen molar-refractivity contribution in [3.63, 3.8) is 0 Å². The van der Waals surface area contributed by atoms with E-state index in [0.717, 1.165) is 19.3 Å². The first-order valence-corrected chi connectivity index (χ1v) is 9.33. The summed E-state index contributed by atoms with van der Waals surface area (Å²) in [5.74, 6) is -0.388. The summed E-state index contributed by atoms with van der Waals surface area (Å²) in [5.41, 5.74) is 0.912. The average molecular weight is 340 g/mol. The number of aliphatic hydroxyl groups excluding tert-OH is 1. The third kappa shape index (κ3) is 4.31. The van der Waals surface area contributed by atoms with Crippen LogP contribution in [0.5, 0.6) is 0 Å². The standard InChI is InChI=1S/C16H24N2O4S/c1-12-6-7-14(16(20)17-11-13(2)19)10-15(12)23(21,22)18-8-4-3-5-9-18/h6-7,10,13,19H,3-5,8-9,11H2,1-2H3,(H,17,20). The first-order chi connectivity index (χ1) is 10.8. The van der Waals surface area contributed by atoms with Crippen molar-refractivity contribution in [1.82, 2.24) is 9.62 Å². The molecular weight excluding hydrogens is 316 g/mol. The van der Waals surface area contributed by atoms with Gasteiger partial charge in [-0.15, -0.1) is 0 Å². The van der Waals surface area contributed by atoms with Crippen LogP contribution in [0.2, 0.25) is 0 Å². The predicted molar refractivity (Wildman–Crippen MR) is 87.8 cm³/mol. The molecule has 23 heavy (non-hydrogen) atoms. The third-order valence-corrected chi connectivity index (χ3v) is 5.98. The van der Waals surface area contributed by atoms with E-state index in [9.17, 15) is 18.3 Å². The minimum Gasteiger partial charge on any atom is -0.392 e. The van der Waals surface area contributed by atoms with Gasteiger partial charge in [0.05, 0.1) is 11.0 Å². The number of carbonyl (C=O) groups is 1.